The van der Waals surface area contributed by atoms with Crippen molar-refractivity contribution in [2.75, 3.05) is 33.4 Å². The SMILES string of the molecule is CCOC(=O)C1CCCN(CC(=O)NCc2ccc(COC)cc2)C1. The number of rotatable bonds is 8. The summed E-state index contributed by atoms with van der Waals surface area (Å²) in [5.41, 5.74) is 2.16. The normalized spacial score (nSPS) is 17.9. The van der Waals surface area contributed by atoms with Gasteiger partial charge in [-0.3, -0.25) is 14.5 Å². The molecule has 1 heterocycles. The fraction of sp³-hybridized carbons (Fsp3) is 0.579. The van der Waals surface area contributed by atoms with Crippen LogP contribution < -0.4 is 5.32 Å². The molecule has 6 heteroatoms. The first kappa shape index (κ1) is 19.4. The van der Waals surface area contributed by atoms with Crippen molar-refractivity contribution in [2.24, 2.45) is 5.92 Å². The van der Waals surface area contributed by atoms with Crippen LogP contribution in [0.15, 0.2) is 24.3 Å². The van der Waals surface area contributed by atoms with Gasteiger partial charge in [0.05, 0.1) is 25.7 Å². The average molecular weight is 348 g/mol. The van der Waals surface area contributed by atoms with Gasteiger partial charge in [0, 0.05) is 20.2 Å². The van der Waals surface area contributed by atoms with Gasteiger partial charge in [0.15, 0.2) is 0 Å². The zero-order chi connectivity index (χ0) is 18.1. The lowest BCUT2D eigenvalue weighted by Crippen LogP contribution is -2.44. The topological polar surface area (TPSA) is 67.9 Å². The van der Waals surface area contributed by atoms with Crippen molar-refractivity contribution in [1.29, 1.82) is 0 Å². The summed E-state index contributed by atoms with van der Waals surface area (Å²) in [6.45, 7) is 5.06. The van der Waals surface area contributed by atoms with Crippen LogP contribution in [0.3, 0.4) is 0 Å². The molecule has 1 saturated heterocycles. The molecule has 0 aromatic heterocycles. The number of carbonyl (C=O) groups excluding carboxylic acids is 2. The van der Waals surface area contributed by atoms with Gasteiger partial charge >= 0.3 is 5.97 Å². The van der Waals surface area contributed by atoms with E-state index in [0.717, 1.165) is 30.5 Å². The summed E-state index contributed by atoms with van der Waals surface area (Å²) in [6, 6.07) is 7.98. The van der Waals surface area contributed by atoms with E-state index in [2.05, 4.69) is 5.32 Å². The highest BCUT2D eigenvalue weighted by Crippen LogP contribution is 2.17. The van der Waals surface area contributed by atoms with Gasteiger partial charge in [-0.15, -0.1) is 0 Å². The lowest BCUT2D eigenvalue weighted by molar-refractivity contribution is -0.150. The Morgan fingerprint density at radius 2 is 1.96 bits per heavy atom. The second-order valence-electron chi connectivity index (χ2n) is 6.35. The zero-order valence-corrected chi connectivity index (χ0v) is 15.1. The van der Waals surface area contributed by atoms with Gasteiger partial charge in [-0.05, 0) is 37.4 Å². The zero-order valence-electron chi connectivity index (χ0n) is 15.1. The van der Waals surface area contributed by atoms with Gasteiger partial charge in [0.1, 0.15) is 0 Å². The van der Waals surface area contributed by atoms with E-state index < -0.39 is 0 Å². The van der Waals surface area contributed by atoms with Crippen molar-refractivity contribution in [2.45, 2.75) is 32.9 Å². The maximum atomic E-state index is 12.2. The summed E-state index contributed by atoms with van der Waals surface area (Å²) in [6.07, 6.45) is 1.75. The highest BCUT2D eigenvalue weighted by molar-refractivity contribution is 5.78. The Hall–Kier alpha value is -1.92. The molecule has 138 valence electrons. The van der Waals surface area contributed by atoms with Crippen LogP contribution in [0.5, 0.6) is 0 Å². The number of nitrogens with one attached hydrogen (secondary N) is 1. The number of hydrogen-bond acceptors (Lipinski definition) is 5. The van der Waals surface area contributed by atoms with Crippen molar-refractivity contribution < 1.29 is 19.1 Å². The third kappa shape index (κ3) is 6.48. The van der Waals surface area contributed by atoms with Crippen LogP contribution in [0, 0.1) is 5.92 Å². The Morgan fingerprint density at radius 1 is 1.24 bits per heavy atom. The number of esters is 1. The van der Waals surface area contributed by atoms with Gasteiger partial charge in [-0.2, -0.15) is 0 Å². The first-order chi connectivity index (χ1) is 12.1. The molecule has 1 amide bonds. The first-order valence-corrected chi connectivity index (χ1v) is 8.84. The van der Waals surface area contributed by atoms with Crippen LogP contribution in [0.4, 0.5) is 0 Å². The minimum absolute atomic E-state index is 0.0227. The van der Waals surface area contributed by atoms with Crippen molar-refractivity contribution in [1.82, 2.24) is 10.2 Å². The van der Waals surface area contributed by atoms with Crippen LogP contribution in [-0.4, -0.2) is 50.1 Å². The van der Waals surface area contributed by atoms with Gasteiger partial charge in [-0.1, -0.05) is 24.3 Å². The van der Waals surface area contributed by atoms with E-state index >= 15 is 0 Å². The highest BCUT2D eigenvalue weighted by Gasteiger charge is 2.27. The largest absolute Gasteiger partial charge is 0.466 e. The molecule has 2 rings (SSSR count). The number of amides is 1. The molecule has 0 aliphatic carbocycles. The van der Waals surface area contributed by atoms with Crippen LogP contribution in [0.2, 0.25) is 0 Å². The summed E-state index contributed by atoms with van der Waals surface area (Å²) < 4.78 is 10.2. The predicted molar refractivity (Wildman–Crippen MR) is 94.8 cm³/mol. The number of methoxy groups -OCH3 is 1. The molecule has 1 aliphatic rings. The van der Waals surface area contributed by atoms with E-state index in [1.165, 1.54) is 0 Å². The molecule has 1 aromatic carbocycles. The number of ether oxygens (including phenoxy) is 2. The summed E-state index contributed by atoms with van der Waals surface area (Å²) in [7, 11) is 1.67. The molecule has 0 bridgehead atoms. The second kappa shape index (κ2) is 10.2. The Kier molecular flexibility index (Phi) is 7.88. The monoisotopic (exact) mass is 348 g/mol. The number of carbonyl (C=O) groups is 2. The number of nitrogens with zero attached hydrogens (tertiary/aromatic N) is 1. The maximum Gasteiger partial charge on any atom is 0.310 e. The Labute approximate surface area is 149 Å². The molecule has 1 aromatic rings. The van der Waals surface area contributed by atoms with Crippen molar-refractivity contribution in [3.63, 3.8) is 0 Å². The van der Waals surface area contributed by atoms with E-state index in [0.29, 0.717) is 32.8 Å². The average Bonchev–Trinajstić information content (AvgIpc) is 2.62. The minimum atomic E-state index is -0.149. The smallest absolute Gasteiger partial charge is 0.310 e. The molecule has 6 nitrogen and oxygen atoms in total. The molecular weight excluding hydrogens is 320 g/mol. The molecular formula is C19H28N2O4. The fourth-order valence-electron chi connectivity index (χ4n) is 3.03. The lowest BCUT2D eigenvalue weighted by atomic mass is 9.98. The molecule has 1 unspecified atom stereocenters. The molecule has 25 heavy (non-hydrogen) atoms. The third-order valence-electron chi connectivity index (χ3n) is 4.32. The summed E-state index contributed by atoms with van der Waals surface area (Å²) >= 11 is 0. The van der Waals surface area contributed by atoms with Crippen molar-refractivity contribution in [3.8, 4) is 0 Å². The van der Waals surface area contributed by atoms with Gasteiger partial charge in [0.2, 0.25) is 5.91 Å². The Balaban J connectivity index is 1.74. The van der Waals surface area contributed by atoms with Gasteiger partial charge in [0.25, 0.3) is 0 Å². The molecule has 0 spiro atoms. The standard InChI is InChI=1S/C19H28N2O4/c1-3-25-19(23)17-5-4-10-21(12-17)13-18(22)20-11-15-6-8-16(9-7-15)14-24-2/h6-9,17H,3-5,10-14H2,1-2H3,(H,20,22). The minimum Gasteiger partial charge on any atom is -0.466 e. The summed E-state index contributed by atoms with van der Waals surface area (Å²) in [4.78, 5) is 26.1. The molecule has 1 aliphatic heterocycles. The van der Waals surface area contributed by atoms with Gasteiger partial charge in [-0.25, -0.2) is 0 Å². The van der Waals surface area contributed by atoms with E-state index in [-0.39, 0.29) is 17.8 Å². The molecule has 1 atom stereocenters. The third-order valence-corrected chi connectivity index (χ3v) is 4.32. The first-order valence-electron chi connectivity index (χ1n) is 8.84. The molecule has 0 saturated carbocycles. The van der Waals surface area contributed by atoms with E-state index in [1.807, 2.05) is 36.1 Å². The number of hydrogen-bond donors (Lipinski definition) is 1. The highest BCUT2D eigenvalue weighted by atomic mass is 16.5. The number of benzene rings is 1. The molecule has 1 N–H and O–H groups in total. The van der Waals surface area contributed by atoms with Gasteiger partial charge < -0.3 is 14.8 Å². The second-order valence-corrected chi connectivity index (χ2v) is 6.35. The van der Waals surface area contributed by atoms with Crippen LogP contribution in [0.25, 0.3) is 0 Å². The van der Waals surface area contributed by atoms with E-state index in [4.69, 9.17) is 9.47 Å². The summed E-state index contributed by atoms with van der Waals surface area (Å²) in [5, 5.41) is 2.94. The van der Waals surface area contributed by atoms with Crippen LogP contribution in [-0.2, 0) is 32.2 Å². The molecule has 1 fully saturated rings. The number of piperidine rings is 1. The predicted octanol–water partition coefficient (Wildman–Crippen LogP) is 1.72. The lowest BCUT2D eigenvalue weighted by Gasteiger charge is -2.30. The quantitative estimate of drug-likeness (QED) is 0.725. The van der Waals surface area contributed by atoms with Crippen molar-refractivity contribution in [3.05, 3.63) is 35.4 Å². The summed E-state index contributed by atoms with van der Waals surface area (Å²) in [5.74, 6) is -0.288. The van der Waals surface area contributed by atoms with Crippen LogP contribution in [0.1, 0.15) is 30.9 Å². The van der Waals surface area contributed by atoms with E-state index in [9.17, 15) is 9.59 Å². The number of likely N-dealkylation sites (tertiary alicyclic amines) is 1. The molecule has 0 radical (unpaired) electrons. The maximum absolute atomic E-state index is 12.2. The fourth-order valence-corrected chi connectivity index (χ4v) is 3.03. The van der Waals surface area contributed by atoms with Crippen LogP contribution >= 0.6 is 0 Å². The Morgan fingerprint density at radius 3 is 2.64 bits per heavy atom. The van der Waals surface area contributed by atoms with Crippen molar-refractivity contribution >= 4 is 11.9 Å². The Bertz CT molecular complexity index is 559. The van der Waals surface area contributed by atoms with E-state index in [1.54, 1.807) is 7.11 Å².